The molecule has 0 spiro atoms. The number of amides is 1. The molecule has 1 aromatic carbocycles. The highest BCUT2D eigenvalue weighted by Crippen LogP contribution is 2.23. The second-order valence-corrected chi connectivity index (χ2v) is 7.50. The number of nitrogens with one attached hydrogen (secondary N) is 2. The molecule has 0 bridgehead atoms. The molecule has 122 valence electrons. The SMILES string of the molecule is O=C(NC1CCN(Cc2ccccc2)CC1)c1cc(Br)c(Br)[nH]1. The van der Waals surface area contributed by atoms with E-state index in [-0.39, 0.29) is 11.9 Å². The Bertz CT molecular complexity index is 644. The van der Waals surface area contributed by atoms with E-state index in [1.807, 2.05) is 6.07 Å². The number of H-pyrrole nitrogens is 1. The number of nitrogens with zero attached hydrogens (tertiary/aromatic N) is 1. The summed E-state index contributed by atoms with van der Waals surface area (Å²) in [7, 11) is 0. The topological polar surface area (TPSA) is 48.1 Å². The Morgan fingerprint density at radius 1 is 1.22 bits per heavy atom. The van der Waals surface area contributed by atoms with Crippen molar-refractivity contribution in [1.29, 1.82) is 0 Å². The van der Waals surface area contributed by atoms with E-state index in [1.54, 1.807) is 6.07 Å². The Morgan fingerprint density at radius 2 is 1.91 bits per heavy atom. The summed E-state index contributed by atoms with van der Waals surface area (Å²) in [6.45, 7) is 3.01. The number of hydrogen-bond acceptors (Lipinski definition) is 2. The van der Waals surface area contributed by atoms with E-state index >= 15 is 0 Å². The van der Waals surface area contributed by atoms with Crippen molar-refractivity contribution in [3.05, 3.63) is 56.7 Å². The highest BCUT2D eigenvalue weighted by molar-refractivity contribution is 9.13. The van der Waals surface area contributed by atoms with Gasteiger partial charge in [-0.2, -0.15) is 0 Å². The fraction of sp³-hybridized carbons (Fsp3) is 0.353. The average Bonchev–Trinajstić information content (AvgIpc) is 2.90. The van der Waals surface area contributed by atoms with Crippen LogP contribution in [0.1, 0.15) is 28.9 Å². The van der Waals surface area contributed by atoms with Crippen LogP contribution in [0.3, 0.4) is 0 Å². The lowest BCUT2D eigenvalue weighted by molar-refractivity contribution is 0.0904. The molecular weight excluding hydrogens is 422 g/mol. The molecule has 1 fully saturated rings. The maximum Gasteiger partial charge on any atom is 0.267 e. The first kappa shape index (κ1) is 16.7. The summed E-state index contributed by atoms with van der Waals surface area (Å²) in [5.41, 5.74) is 1.92. The summed E-state index contributed by atoms with van der Waals surface area (Å²) in [5, 5.41) is 3.12. The fourth-order valence-electron chi connectivity index (χ4n) is 2.87. The van der Waals surface area contributed by atoms with E-state index in [0.717, 1.165) is 41.6 Å². The molecule has 0 unspecified atom stereocenters. The number of aromatic nitrogens is 1. The van der Waals surface area contributed by atoms with Crippen molar-refractivity contribution >= 4 is 37.8 Å². The number of carbonyl (C=O) groups excluding carboxylic acids is 1. The van der Waals surface area contributed by atoms with Gasteiger partial charge in [0.2, 0.25) is 0 Å². The minimum absolute atomic E-state index is 0.0436. The van der Waals surface area contributed by atoms with Crippen LogP contribution in [-0.4, -0.2) is 34.9 Å². The van der Waals surface area contributed by atoms with Crippen LogP contribution in [0.5, 0.6) is 0 Å². The van der Waals surface area contributed by atoms with Crippen LogP contribution in [0.4, 0.5) is 0 Å². The number of hydrogen-bond donors (Lipinski definition) is 2. The summed E-state index contributed by atoms with van der Waals surface area (Å²) in [6, 6.07) is 12.6. The molecule has 1 aromatic heterocycles. The van der Waals surface area contributed by atoms with Gasteiger partial charge in [0.15, 0.2) is 0 Å². The van der Waals surface area contributed by atoms with Crippen LogP contribution in [-0.2, 0) is 6.54 Å². The summed E-state index contributed by atoms with van der Waals surface area (Å²) < 4.78 is 1.65. The molecule has 6 heteroatoms. The van der Waals surface area contributed by atoms with Crippen molar-refractivity contribution in [3.63, 3.8) is 0 Å². The van der Waals surface area contributed by atoms with Gasteiger partial charge in [-0.1, -0.05) is 30.3 Å². The van der Waals surface area contributed by atoms with Crippen molar-refractivity contribution in [2.45, 2.75) is 25.4 Å². The van der Waals surface area contributed by atoms with Crippen molar-refractivity contribution < 1.29 is 4.79 Å². The van der Waals surface area contributed by atoms with Crippen molar-refractivity contribution in [1.82, 2.24) is 15.2 Å². The van der Waals surface area contributed by atoms with Crippen LogP contribution in [0, 0.1) is 0 Å². The van der Waals surface area contributed by atoms with Gasteiger partial charge in [0.1, 0.15) is 5.69 Å². The molecule has 0 atom stereocenters. The van der Waals surface area contributed by atoms with Gasteiger partial charge in [0.25, 0.3) is 5.91 Å². The molecule has 2 aromatic rings. The summed E-state index contributed by atoms with van der Waals surface area (Å²) in [4.78, 5) is 17.7. The van der Waals surface area contributed by atoms with Crippen LogP contribution in [0.15, 0.2) is 45.5 Å². The Morgan fingerprint density at radius 3 is 2.52 bits per heavy atom. The summed E-state index contributed by atoms with van der Waals surface area (Å²) in [6.07, 6.45) is 1.98. The Balaban J connectivity index is 1.48. The predicted molar refractivity (Wildman–Crippen MR) is 98.4 cm³/mol. The van der Waals surface area contributed by atoms with Crippen molar-refractivity contribution in [2.75, 3.05) is 13.1 Å². The Hall–Kier alpha value is -1.11. The number of aromatic amines is 1. The van der Waals surface area contributed by atoms with E-state index in [0.29, 0.717) is 5.69 Å². The smallest absolute Gasteiger partial charge is 0.267 e. The highest BCUT2D eigenvalue weighted by Gasteiger charge is 2.22. The van der Waals surface area contributed by atoms with E-state index in [9.17, 15) is 4.79 Å². The van der Waals surface area contributed by atoms with Gasteiger partial charge in [0, 0.05) is 25.7 Å². The lowest BCUT2D eigenvalue weighted by Crippen LogP contribution is -2.44. The Labute approximate surface area is 152 Å². The van der Waals surface area contributed by atoms with Gasteiger partial charge >= 0.3 is 0 Å². The van der Waals surface area contributed by atoms with E-state index in [2.05, 4.69) is 71.3 Å². The molecule has 1 amide bonds. The standard InChI is InChI=1S/C17H19Br2N3O/c18-14-10-15(21-16(14)19)17(23)20-13-6-8-22(9-7-13)11-12-4-2-1-3-5-12/h1-5,10,13,21H,6-9,11H2,(H,20,23). The van der Waals surface area contributed by atoms with E-state index in [1.165, 1.54) is 5.56 Å². The third kappa shape index (κ3) is 4.46. The van der Waals surface area contributed by atoms with Crippen LogP contribution in [0.2, 0.25) is 0 Å². The molecule has 2 heterocycles. The molecule has 23 heavy (non-hydrogen) atoms. The third-order valence-electron chi connectivity index (χ3n) is 4.14. The van der Waals surface area contributed by atoms with Crippen LogP contribution >= 0.6 is 31.9 Å². The minimum Gasteiger partial charge on any atom is -0.348 e. The van der Waals surface area contributed by atoms with Gasteiger partial charge in [-0.15, -0.1) is 0 Å². The van der Waals surface area contributed by atoms with Crippen LogP contribution in [0.25, 0.3) is 0 Å². The number of likely N-dealkylation sites (tertiary alicyclic amines) is 1. The first-order valence-electron chi connectivity index (χ1n) is 7.73. The zero-order valence-corrected chi connectivity index (χ0v) is 15.9. The molecule has 0 saturated carbocycles. The molecule has 3 rings (SSSR count). The lowest BCUT2D eigenvalue weighted by Gasteiger charge is -2.32. The second-order valence-electron chi connectivity index (χ2n) is 5.85. The number of benzene rings is 1. The molecule has 0 radical (unpaired) electrons. The minimum atomic E-state index is -0.0436. The molecular formula is C17H19Br2N3O. The third-order valence-corrected chi connectivity index (χ3v) is 5.92. The van der Waals surface area contributed by atoms with Crippen molar-refractivity contribution in [2.24, 2.45) is 0 Å². The monoisotopic (exact) mass is 439 g/mol. The number of halogens is 2. The molecule has 1 aliphatic rings. The molecule has 2 N–H and O–H groups in total. The Kier molecular flexibility index (Phi) is 5.56. The zero-order chi connectivity index (χ0) is 16.2. The zero-order valence-electron chi connectivity index (χ0n) is 12.7. The molecule has 1 saturated heterocycles. The highest BCUT2D eigenvalue weighted by atomic mass is 79.9. The summed E-state index contributed by atoms with van der Waals surface area (Å²) >= 11 is 6.74. The number of piperidine rings is 1. The molecule has 0 aliphatic carbocycles. The van der Waals surface area contributed by atoms with E-state index in [4.69, 9.17) is 0 Å². The van der Waals surface area contributed by atoms with Gasteiger partial charge in [0.05, 0.1) is 9.08 Å². The first-order chi connectivity index (χ1) is 11.1. The van der Waals surface area contributed by atoms with Crippen molar-refractivity contribution in [3.8, 4) is 0 Å². The lowest BCUT2D eigenvalue weighted by atomic mass is 10.0. The number of carbonyl (C=O) groups is 1. The maximum atomic E-state index is 12.3. The summed E-state index contributed by atoms with van der Waals surface area (Å²) in [5.74, 6) is -0.0436. The molecule has 1 aliphatic heterocycles. The largest absolute Gasteiger partial charge is 0.348 e. The fourth-order valence-corrected chi connectivity index (χ4v) is 3.52. The number of rotatable bonds is 4. The van der Waals surface area contributed by atoms with Gasteiger partial charge < -0.3 is 10.3 Å². The first-order valence-corrected chi connectivity index (χ1v) is 9.31. The van der Waals surface area contributed by atoms with Gasteiger partial charge in [-0.05, 0) is 56.3 Å². The molecule has 4 nitrogen and oxygen atoms in total. The van der Waals surface area contributed by atoms with Gasteiger partial charge in [-0.3, -0.25) is 9.69 Å². The quantitative estimate of drug-likeness (QED) is 0.756. The normalized spacial score (nSPS) is 16.4. The van der Waals surface area contributed by atoms with E-state index < -0.39 is 0 Å². The second kappa shape index (κ2) is 7.64. The predicted octanol–water partition coefficient (Wildman–Crippen LogP) is 3.93. The van der Waals surface area contributed by atoms with Crippen LogP contribution < -0.4 is 5.32 Å². The van der Waals surface area contributed by atoms with Gasteiger partial charge in [-0.25, -0.2) is 0 Å². The maximum absolute atomic E-state index is 12.3. The average molecular weight is 441 g/mol.